The number of azo groups is 1. The number of nitro groups is 1. The van der Waals surface area contributed by atoms with Crippen molar-refractivity contribution in [3.63, 3.8) is 0 Å². The van der Waals surface area contributed by atoms with Crippen molar-refractivity contribution in [2.24, 2.45) is 10.2 Å². The molecule has 108 valence electrons. The highest BCUT2D eigenvalue weighted by Gasteiger charge is 2.07. The molecule has 1 N–H and O–H groups in total. The minimum absolute atomic E-state index is 0.0313. The Kier molecular flexibility index (Phi) is 3.45. The normalized spacial score (nSPS) is 11.1. The predicted octanol–water partition coefficient (Wildman–Crippen LogP) is 4.26. The highest BCUT2D eigenvalue weighted by atomic mass is 16.6. The van der Waals surface area contributed by atoms with Gasteiger partial charge in [0.2, 0.25) is 0 Å². The molecule has 1 aromatic heterocycles. The van der Waals surface area contributed by atoms with Gasteiger partial charge in [0, 0.05) is 11.5 Å². The summed E-state index contributed by atoms with van der Waals surface area (Å²) in [4.78, 5) is 13.8. The Morgan fingerprint density at radius 1 is 1.05 bits per heavy atom. The van der Waals surface area contributed by atoms with Crippen molar-refractivity contribution in [1.29, 1.82) is 0 Å². The lowest BCUT2D eigenvalue weighted by molar-refractivity contribution is -0.385. The van der Waals surface area contributed by atoms with E-state index in [4.69, 9.17) is 0 Å². The predicted molar refractivity (Wildman–Crippen MR) is 80.7 cm³/mol. The van der Waals surface area contributed by atoms with E-state index in [1.54, 1.807) is 12.1 Å². The maximum atomic E-state index is 10.5. The van der Waals surface area contributed by atoms with Crippen LogP contribution in [0.15, 0.2) is 65.0 Å². The molecule has 7 heteroatoms. The van der Waals surface area contributed by atoms with Crippen molar-refractivity contribution in [3.05, 3.63) is 64.8 Å². The number of rotatable bonds is 3. The summed E-state index contributed by atoms with van der Waals surface area (Å²) in [6.45, 7) is 0. The molecular weight excluding hydrogens is 284 g/mol. The average Bonchev–Trinajstić information content (AvgIpc) is 2.55. The molecule has 0 aliphatic rings. The maximum Gasteiger partial charge on any atom is 0.287 e. The molecule has 0 unspecified atom stereocenters. The molecule has 0 bridgehead atoms. The Hall–Kier alpha value is -3.35. The van der Waals surface area contributed by atoms with Crippen LogP contribution in [0.1, 0.15) is 0 Å². The van der Waals surface area contributed by atoms with Crippen LogP contribution >= 0.6 is 0 Å². The highest BCUT2D eigenvalue weighted by molar-refractivity contribution is 5.92. The Bertz CT molecular complexity index is 876. The second-order valence-corrected chi connectivity index (χ2v) is 4.49. The summed E-state index contributed by atoms with van der Waals surface area (Å²) in [7, 11) is 0. The number of benzene rings is 2. The molecule has 0 atom stereocenters. The number of phenolic OH excluding ortho intramolecular Hbond substituents is 1. The van der Waals surface area contributed by atoms with Crippen LogP contribution in [-0.4, -0.2) is 15.0 Å². The molecule has 7 nitrogen and oxygen atoms in total. The second kappa shape index (κ2) is 5.57. The summed E-state index contributed by atoms with van der Waals surface area (Å²) < 4.78 is 0. The molecule has 1 heterocycles. The van der Waals surface area contributed by atoms with Crippen LogP contribution in [0.3, 0.4) is 0 Å². The molecular formula is C15H10N4O3. The number of aromatic nitrogens is 1. The molecule has 0 saturated heterocycles. The van der Waals surface area contributed by atoms with Gasteiger partial charge in [0.05, 0.1) is 4.92 Å². The van der Waals surface area contributed by atoms with Crippen LogP contribution in [0.5, 0.6) is 5.75 Å². The first-order valence-corrected chi connectivity index (χ1v) is 6.38. The van der Waals surface area contributed by atoms with E-state index in [1.807, 2.05) is 24.3 Å². The second-order valence-electron chi connectivity index (χ2n) is 4.49. The molecule has 0 aliphatic heterocycles. The third-order valence-electron chi connectivity index (χ3n) is 3.08. The summed E-state index contributed by atoms with van der Waals surface area (Å²) in [5.74, 6) is 0.252. The Labute approximate surface area is 124 Å². The van der Waals surface area contributed by atoms with Gasteiger partial charge in [-0.2, -0.15) is 0 Å². The summed E-state index contributed by atoms with van der Waals surface area (Å²) in [6.07, 6.45) is 1.11. The molecule has 0 aliphatic carbocycles. The fourth-order valence-corrected chi connectivity index (χ4v) is 1.97. The molecule has 3 rings (SSSR count). The van der Waals surface area contributed by atoms with Gasteiger partial charge in [-0.05, 0) is 17.5 Å². The number of pyridine rings is 1. The fraction of sp³-hybridized carbons (Fsp3) is 0. The lowest BCUT2D eigenvalue weighted by Gasteiger charge is -2.02. The van der Waals surface area contributed by atoms with E-state index < -0.39 is 4.92 Å². The van der Waals surface area contributed by atoms with E-state index >= 15 is 0 Å². The molecule has 0 radical (unpaired) electrons. The van der Waals surface area contributed by atoms with Crippen molar-refractivity contribution in [2.75, 3.05) is 0 Å². The van der Waals surface area contributed by atoms with Crippen molar-refractivity contribution in [2.45, 2.75) is 0 Å². The SMILES string of the molecule is O=[N+]([O-])c1ccc(N=Nc2ccc3ccccc3c2O)nc1. The van der Waals surface area contributed by atoms with Crippen LogP contribution in [0.25, 0.3) is 10.8 Å². The van der Waals surface area contributed by atoms with Gasteiger partial charge >= 0.3 is 0 Å². The van der Waals surface area contributed by atoms with Crippen molar-refractivity contribution in [3.8, 4) is 5.75 Å². The fourth-order valence-electron chi connectivity index (χ4n) is 1.97. The molecule has 22 heavy (non-hydrogen) atoms. The average molecular weight is 294 g/mol. The summed E-state index contributed by atoms with van der Waals surface area (Å²) in [6, 6.07) is 13.5. The first kappa shape index (κ1) is 13.6. The summed E-state index contributed by atoms with van der Waals surface area (Å²) in [5.41, 5.74) is 0.186. The summed E-state index contributed by atoms with van der Waals surface area (Å²) >= 11 is 0. The molecule has 2 aromatic carbocycles. The van der Waals surface area contributed by atoms with Crippen LogP contribution in [0.4, 0.5) is 17.2 Å². The zero-order valence-corrected chi connectivity index (χ0v) is 11.2. The number of hydrogen-bond donors (Lipinski definition) is 1. The monoisotopic (exact) mass is 294 g/mol. The van der Waals surface area contributed by atoms with E-state index in [9.17, 15) is 15.2 Å². The van der Waals surface area contributed by atoms with Gasteiger partial charge in [-0.3, -0.25) is 10.1 Å². The number of fused-ring (bicyclic) bond motifs is 1. The molecule has 3 aromatic rings. The largest absolute Gasteiger partial charge is 0.505 e. The van der Waals surface area contributed by atoms with E-state index in [-0.39, 0.29) is 17.3 Å². The van der Waals surface area contributed by atoms with Gasteiger partial charge in [0.25, 0.3) is 5.69 Å². The Morgan fingerprint density at radius 3 is 2.59 bits per heavy atom. The number of hydrogen-bond acceptors (Lipinski definition) is 6. The first-order valence-electron chi connectivity index (χ1n) is 6.38. The molecule has 0 saturated carbocycles. The van der Waals surface area contributed by atoms with Gasteiger partial charge in [-0.25, -0.2) is 4.98 Å². The minimum atomic E-state index is -0.539. The zero-order chi connectivity index (χ0) is 15.5. The standard InChI is InChI=1S/C15H10N4O3/c20-15-12-4-2-1-3-10(12)5-7-13(15)17-18-14-8-6-11(9-16-14)19(21)22/h1-9,20H. The Balaban J connectivity index is 1.92. The van der Waals surface area contributed by atoms with Gasteiger partial charge in [-0.15, -0.1) is 10.2 Å². The van der Waals surface area contributed by atoms with Gasteiger partial charge in [0.1, 0.15) is 11.9 Å². The lowest BCUT2D eigenvalue weighted by atomic mass is 10.1. The molecule has 0 fully saturated rings. The summed E-state index contributed by atoms with van der Waals surface area (Å²) in [5, 5.41) is 30.1. The van der Waals surface area contributed by atoms with E-state index in [0.29, 0.717) is 11.1 Å². The van der Waals surface area contributed by atoms with E-state index in [0.717, 1.165) is 11.6 Å². The smallest absolute Gasteiger partial charge is 0.287 e. The topological polar surface area (TPSA) is 101 Å². The zero-order valence-electron chi connectivity index (χ0n) is 11.2. The van der Waals surface area contributed by atoms with Gasteiger partial charge < -0.3 is 5.11 Å². The third-order valence-corrected chi connectivity index (χ3v) is 3.08. The first-order chi connectivity index (χ1) is 10.6. The van der Waals surface area contributed by atoms with Crippen molar-refractivity contribution in [1.82, 2.24) is 4.98 Å². The van der Waals surface area contributed by atoms with Crippen LogP contribution in [0.2, 0.25) is 0 Å². The quantitative estimate of drug-likeness (QED) is 0.443. The van der Waals surface area contributed by atoms with Crippen LogP contribution in [-0.2, 0) is 0 Å². The third kappa shape index (κ3) is 2.59. The molecule has 0 amide bonds. The van der Waals surface area contributed by atoms with Gasteiger partial charge in [-0.1, -0.05) is 30.3 Å². The van der Waals surface area contributed by atoms with Crippen molar-refractivity contribution >= 4 is 28.0 Å². The number of nitrogens with zero attached hydrogens (tertiary/aromatic N) is 4. The van der Waals surface area contributed by atoms with Crippen molar-refractivity contribution < 1.29 is 10.0 Å². The van der Waals surface area contributed by atoms with E-state index in [2.05, 4.69) is 15.2 Å². The maximum absolute atomic E-state index is 10.5. The number of aromatic hydroxyl groups is 1. The van der Waals surface area contributed by atoms with Crippen LogP contribution < -0.4 is 0 Å². The minimum Gasteiger partial charge on any atom is -0.505 e. The lowest BCUT2D eigenvalue weighted by Crippen LogP contribution is -1.87. The van der Waals surface area contributed by atoms with E-state index in [1.165, 1.54) is 12.1 Å². The number of phenols is 1. The Morgan fingerprint density at radius 2 is 1.86 bits per heavy atom. The molecule has 0 spiro atoms. The van der Waals surface area contributed by atoms with Gasteiger partial charge in [0.15, 0.2) is 11.6 Å². The highest BCUT2D eigenvalue weighted by Crippen LogP contribution is 2.35. The van der Waals surface area contributed by atoms with Crippen LogP contribution in [0, 0.1) is 10.1 Å².